The molecule has 0 fully saturated rings. The highest BCUT2D eigenvalue weighted by Gasteiger charge is 2.23. The second kappa shape index (κ2) is 27.9. The SMILES string of the molecule is N#Cc1cc2c(cc1C#N)c1c3ccccc3ccc1c1cc3ccccc3nc12.N#Cc1cc2c(cc1C#N)c1c3ccccc3ccc1c1nc3ccccc3nc21.N#Cc1cc2c(cc1C#N)c1c3ccccc3ccc1c1nc3nccnc3nc21.N#Cc1cc2c3cc4ccccc4cc3c3ccc4ccccc4c3c2cc1C#N. The molecule has 4 heterocycles. The molecule has 15 heteroatoms. The first-order valence-electron chi connectivity index (χ1n) is 38.4. The fourth-order valence-electron chi connectivity index (χ4n) is 17.6. The number of pyridine rings is 1. The van der Waals surface area contributed by atoms with Crippen LogP contribution >= 0.6 is 0 Å². The number of benzene rings is 20. The highest BCUT2D eigenvalue weighted by Crippen LogP contribution is 2.46. The lowest BCUT2D eigenvalue weighted by Crippen LogP contribution is -1.96. The normalized spacial score (nSPS) is 11.3. The van der Waals surface area contributed by atoms with Gasteiger partial charge in [-0.2, -0.15) is 42.1 Å². The van der Waals surface area contributed by atoms with Crippen LogP contribution in [0.25, 0.3) is 217 Å². The van der Waals surface area contributed by atoms with Crippen LogP contribution in [-0.2, 0) is 0 Å². The van der Waals surface area contributed by atoms with Crippen LogP contribution in [0.1, 0.15) is 44.5 Å². The molecule has 0 amide bonds. The van der Waals surface area contributed by atoms with Crippen molar-refractivity contribution in [2.45, 2.75) is 0 Å². The Balaban J connectivity index is 0.0000000990. The third-order valence-electron chi connectivity index (χ3n) is 23.0. The molecule has 0 unspecified atom stereocenters. The molecule has 0 saturated carbocycles. The molecule has 24 rings (SSSR count). The van der Waals surface area contributed by atoms with Gasteiger partial charge in [-0.3, -0.25) is 0 Å². The van der Waals surface area contributed by atoms with E-state index < -0.39 is 0 Å². The maximum atomic E-state index is 9.65. The van der Waals surface area contributed by atoms with E-state index in [1.807, 2.05) is 133 Å². The molecule has 0 N–H and O–H groups in total. The van der Waals surface area contributed by atoms with Gasteiger partial charge in [0.1, 0.15) is 48.6 Å². The van der Waals surface area contributed by atoms with E-state index in [0.717, 1.165) is 189 Å². The fraction of sp³-hybridized carbons (Fsp3) is 0. The van der Waals surface area contributed by atoms with Gasteiger partial charge in [0.05, 0.1) is 88.6 Å². The van der Waals surface area contributed by atoms with Crippen molar-refractivity contribution < 1.29 is 0 Å². The number of nitrogens with zero attached hydrogens (tertiary/aromatic N) is 15. The maximum absolute atomic E-state index is 9.65. The molecular formula is C105H49N15. The van der Waals surface area contributed by atoms with E-state index in [-0.39, 0.29) is 0 Å². The molecule has 0 aliphatic rings. The van der Waals surface area contributed by atoms with Gasteiger partial charge in [-0.15, -0.1) is 0 Å². The zero-order chi connectivity index (χ0) is 81.0. The van der Waals surface area contributed by atoms with Crippen molar-refractivity contribution in [2.75, 3.05) is 0 Å². The molecule has 0 radical (unpaired) electrons. The van der Waals surface area contributed by atoms with Gasteiger partial charge in [0.15, 0.2) is 11.3 Å². The van der Waals surface area contributed by atoms with Crippen molar-refractivity contribution in [3.63, 3.8) is 0 Å². The Kier molecular flexibility index (Phi) is 16.3. The first kappa shape index (κ1) is 69.8. The number of hydrogen-bond acceptors (Lipinski definition) is 15. The van der Waals surface area contributed by atoms with Crippen LogP contribution in [-0.4, -0.2) is 34.9 Å². The van der Waals surface area contributed by atoms with Crippen molar-refractivity contribution in [1.29, 1.82) is 42.1 Å². The fourth-order valence-corrected chi connectivity index (χ4v) is 17.6. The van der Waals surface area contributed by atoms with E-state index in [0.29, 0.717) is 66.8 Å². The molecule has 15 nitrogen and oxygen atoms in total. The minimum atomic E-state index is 0.312. The quantitative estimate of drug-likeness (QED) is 0.101. The summed E-state index contributed by atoms with van der Waals surface area (Å²) in [6.45, 7) is 0. The predicted molar refractivity (Wildman–Crippen MR) is 478 cm³/mol. The Bertz CT molecular complexity index is 8110. The monoisotopic (exact) mass is 1520 g/mol. The molecule has 0 atom stereocenters. The number of aromatic nitrogens is 7. The molecule has 544 valence electrons. The number of fused-ring (bicyclic) bond motifs is 36. The minimum Gasteiger partial charge on any atom is -0.247 e. The predicted octanol–water partition coefficient (Wildman–Crippen LogP) is 24.5. The molecule has 0 aliphatic heterocycles. The third-order valence-corrected chi connectivity index (χ3v) is 23.0. The molecular weight excluding hydrogens is 1470 g/mol. The molecule has 4 aromatic heterocycles. The van der Waals surface area contributed by atoms with Gasteiger partial charge in [0.2, 0.25) is 0 Å². The van der Waals surface area contributed by atoms with Gasteiger partial charge < -0.3 is 0 Å². The van der Waals surface area contributed by atoms with Crippen LogP contribution in [0.4, 0.5) is 0 Å². The Morgan fingerprint density at radius 1 is 0.167 bits per heavy atom. The smallest absolute Gasteiger partial charge is 0.198 e. The summed E-state index contributed by atoms with van der Waals surface area (Å²) < 4.78 is 0. The molecule has 0 spiro atoms. The van der Waals surface area contributed by atoms with Gasteiger partial charge >= 0.3 is 0 Å². The molecule has 24 aromatic rings. The van der Waals surface area contributed by atoms with E-state index in [4.69, 9.17) is 24.9 Å². The van der Waals surface area contributed by atoms with Gasteiger partial charge in [0.25, 0.3) is 0 Å². The average Bonchev–Trinajstić information content (AvgIpc) is 0.734. The molecule has 0 aliphatic carbocycles. The summed E-state index contributed by atoms with van der Waals surface area (Å²) in [6.07, 6.45) is 3.17. The van der Waals surface area contributed by atoms with Gasteiger partial charge in [-0.1, -0.05) is 200 Å². The van der Waals surface area contributed by atoms with Crippen LogP contribution in [0.3, 0.4) is 0 Å². The Morgan fingerprint density at radius 2 is 0.408 bits per heavy atom. The maximum Gasteiger partial charge on any atom is 0.198 e. The minimum absolute atomic E-state index is 0.312. The van der Waals surface area contributed by atoms with Gasteiger partial charge in [-0.05, 0) is 209 Å². The number of rotatable bonds is 0. The van der Waals surface area contributed by atoms with E-state index in [2.05, 4.69) is 192 Å². The molecule has 120 heavy (non-hydrogen) atoms. The van der Waals surface area contributed by atoms with Crippen molar-refractivity contribution in [1.82, 2.24) is 34.9 Å². The van der Waals surface area contributed by atoms with Crippen LogP contribution in [0.5, 0.6) is 0 Å². The number of para-hydroxylation sites is 3. The zero-order valence-corrected chi connectivity index (χ0v) is 63.0. The van der Waals surface area contributed by atoms with E-state index in [1.54, 1.807) is 30.6 Å². The van der Waals surface area contributed by atoms with Crippen molar-refractivity contribution in [2.24, 2.45) is 0 Å². The topological polar surface area (TPSA) is 281 Å². The zero-order valence-electron chi connectivity index (χ0n) is 63.0. The highest BCUT2D eigenvalue weighted by molar-refractivity contribution is 6.36. The van der Waals surface area contributed by atoms with Crippen LogP contribution in [0.15, 0.2) is 298 Å². The second-order valence-corrected chi connectivity index (χ2v) is 29.4. The van der Waals surface area contributed by atoms with Gasteiger partial charge in [-0.25, -0.2) is 34.9 Å². The molecule has 0 bridgehead atoms. The lowest BCUT2D eigenvalue weighted by molar-refractivity contribution is 1.20. The highest BCUT2D eigenvalue weighted by atomic mass is 15.0. The van der Waals surface area contributed by atoms with E-state index >= 15 is 0 Å². The Labute approximate surface area is 680 Å². The summed E-state index contributed by atoms with van der Waals surface area (Å²) in [5, 5.41) is 108. The standard InChI is InChI=1S/C28H14N2.C27H13N3.C26H12N4.C24H10N6/c29-15-20-13-26-25-12-19-7-2-1-6-18(19)11-24(25)23-10-9-17-5-3-4-8-22(17)28(23)27(26)14-21(20)16-30;28-14-18-12-22-24(13-19(18)15-29)27-23(11-17-6-2-4-8-25(17)30-27)21-10-9-16-5-1-3-7-20(16)26(21)22;27-13-16-11-20-21(12-17(16)14-28)26-25(29-22-7-3-4-8-23(22)30-26)19-10-9-15-5-1-2-6-18(15)24(19)20;25-11-14-9-18-19(10-15(14)12-26)22-21(29-23-24(30-22)28-8-7-27-23)17-6-5-13-3-1-2-4-16(13)20(17)18/h1-14H;1-13H;1-12H;1-10H. The summed E-state index contributed by atoms with van der Waals surface area (Å²) in [5.74, 6) is 0. The summed E-state index contributed by atoms with van der Waals surface area (Å²) in [5.41, 5.74) is 10.1. The Morgan fingerprint density at radius 3 is 0.808 bits per heavy atom. The van der Waals surface area contributed by atoms with Crippen molar-refractivity contribution >= 4 is 217 Å². The van der Waals surface area contributed by atoms with Crippen molar-refractivity contribution in [3.05, 3.63) is 342 Å². The third kappa shape index (κ3) is 11.0. The summed E-state index contributed by atoms with van der Waals surface area (Å²) >= 11 is 0. The number of nitriles is 8. The number of hydrogen-bond donors (Lipinski definition) is 0. The van der Waals surface area contributed by atoms with Crippen molar-refractivity contribution in [3.8, 4) is 48.6 Å². The van der Waals surface area contributed by atoms with Crippen LogP contribution < -0.4 is 0 Å². The Hall–Kier alpha value is -18.1. The lowest BCUT2D eigenvalue weighted by Gasteiger charge is -2.14. The lowest BCUT2D eigenvalue weighted by atomic mass is 9.88. The largest absolute Gasteiger partial charge is 0.247 e. The molecule has 0 saturated heterocycles. The first-order valence-corrected chi connectivity index (χ1v) is 38.4. The summed E-state index contributed by atoms with van der Waals surface area (Å²) in [7, 11) is 0. The van der Waals surface area contributed by atoms with Crippen LogP contribution in [0, 0.1) is 90.6 Å². The van der Waals surface area contributed by atoms with E-state index in [1.165, 1.54) is 5.39 Å². The second-order valence-electron chi connectivity index (χ2n) is 29.4. The summed E-state index contributed by atoms with van der Waals surface area (Å²) in [6, 6.07) is 112. The van der Waals surface area contributed by atoms with Crippen LogP contribution in [0.2, 0.25) is 0 Å². The molecule has 20 aromatic carbocycles. The van der Waals surface area contributed by atoms with E-state index in [9.17, 15) is 42.1 Å². The average molecular weight is 1520 g/mol. The first-order chi connectivity index (χ1) is 59.1. The summed E-state index contributed by atoms with van der Waals surface area (Å²) in [4.78, 5) is 33.0. The van der Waals surface area contributed by atoms with Gasteiger partial charge in [0, 0.05) is 50.1 Å².